The first-order valence-electron chi connectivity index (χ1n) is 15.9. The van der Waals surface area contributed by atoms with Gasteiger partial charge in [-0.1, -0.05) is 38.2 Å². The van der Waals surface area contributed by atoms with Crippen LogP contribution in [-0.2, 0) is 28.6 Å². The average molecular weight is 643 g/mol. The van der Waals surface area contributed by atoms with Gasteiger partial charge in [0.25, 0.3) is 5.91 Å². The molecule has 46 heavy (non-hydrogen) atoms. The van der Waals surface area contributed by atoms with E-state index in [0.717, 1.165) is 32.5 Å². The molecule has 0 aromatic heterocycles. The molecule has 3 rings (SSSR count). The second kappa shape index (κ2) is 17.4. The van der Waals surface area contributed by atoms with Gasteiger partial charge in [-0.05, 0) is 64.1 Å². The van der Waals surface area contributed by atoms with Crippen molar-refractivity contribution in [2.24, 2.45) is 17.6 Å². The van der Waals surface area contributed by atoms with Crippen LogP contribution in [0.25, 0.3) is 0 Å². The third kappa shape index (κ3) is 9.96. The zero-order valence-corrected chi connectivity index (χ0v) is 27.8. The van der Waals surface area contributed by atoms with E-state index >= 15 is 0 Å². The lowest BCUT2D eigenvalue weighted by Crippen LogP contribution is -2.38. The predicted octanol–water partition coefficient (Wildman–Crippen LogP) is 2.45. The Labute approximate surface area is 271 Å². The van der Waals surface area contributed by atoms with Crippen LogP contribution in [0.1, 0.15) is 53.4 Å². The highest BCUT2D eigenvalue weighted by Gasteiger charge is 2.33. The lowest BCUT2D eigenvalue weighted by atomic mass is 9.85. The van der Waals surface area contributed by atoms with Crippen LogP contribution < -0.4 is 16.4 Å². The van der Waals surface area contributed by atoms with Crippen LogP contribution in [0, 0.1) is 11.8 Å². The SMILES string of the molecule is COC1/C=C\C=C(/C)C(=O)NC2=CC(=O)C(NCCN3CCCC3)=C(C[C@@H](C)CC(OC)[C@H](O)[C@@H](C)/C=C(/C)[C@@H]1OC(N)=O)C2=O. The highest BCUT2D eigenvalue weighted by Crippen LogP contribution is 2.29. The minimum atomic E-state index is -0.993. The van der Waals surface area contributed by atoms with E-state index in [0.29, 0.717) is 24.1 Å². The quantitative estimate of drug-likeness (QED) is 0.239. The Morgan fingerprint density at radius 2 is 1.83 bits per heavy atom. The fourth-order valence-corrected chi connectivity index (χ4v) is 6.12. The van der Waals surface area contributed by atoms with Gasteiger partial charge in [0.1, 0.15) is 6.10 Å². The number of carbonyl (C=O) groups is 4. The molecule has 6 atom stereocenters. The molecule has 2 unspecified atom stereocenters. The smallest absolute Gasteiger partial charge is 0.405 e. The minimum Gasteiger partial charge on any atom is -0.439 e. The number of amides is 2. The zero-order valence-electron chi connectivity index (χ0n) is 27.8. The van der Waals surface area contributed by atoms with Crippen molar-refractivity contribution in [3.63, 3.8) is 0 Å². The maximum absolute atomic E-state index is 13.8. The molecule has 2 amide bonds. The van der Waals surface area contributed by atoms with Gasteiger partial charge in [0.2, 0.25) is 11.6 Å². The largest absolute Gasteiger partial charge is 0.439 e. The number of aliphatic hydroxyl groups is 1. The first kappa shape index (κ1) is 36.9. The molecule has 12 heteroatoms. The van der Waals surface area contributed by atoms with E-state index in [2.05, 4.69) is 15.5 Å². The summed E-state index contributed by atoms with van der Waals surface area (Å²) >= 11 is 0. The molecule has 0 saturated carbocycles. The predicted molar refractivity (Wildman–Crippen MR) is 173 cm³/mol. The van der Waals surface area contributed by atoms with E-state index in [9.17, 15) is 24.3 Å². The number of aliphatic hydroxyl groups excluding tert-OH is 1. The fourth-order valence-electron chi connectivity index (χ4n) is 6.12. The maximum atomic E-state index is 13.8. The molecule has 254 valence electrons. The first-order valence-corrected chi connectivity index (χ1v) is 15.9. The van der Waals surface area contributed by atoms with Crippen molar-refractivity contribution < 1.29 is 38.5 Å². The van der Waals surface area contributed by atoms with Gasteiger partial charge in [-0.3, -0.25) is 14.4 Å². The van der Waals surface area contributed by atoms with E-state index in [1.54, 1.807) is 32.1 Å². The van der Waals surface area contributed by atoms with Gasteiger partial charge < -0.3 is 40.6 Å². The maximum Gasteiger partial charge on any atom is 0.405 e. The average Bonchev–Trinajstić information content (AvgIpc) is 3.53. The van der Waals surface area contributed by atoms with Crippen LogP contribution in [0.3, 0.4) is 0 Å². The molecule has 1 aliphatic carbocycles. The van der Waals surface area contributed by atoms with Crippen molar-refractivity contribution in [2.75, 3.05) is 40.4 Å². The number of hydrogen-bond donors (Lipinski definition) is 4. The fraction of sp³-hybridized carbons (Fsp3) is 0.588. The second-order valence-electron chi connectivity index (χ2n) is 12.4. The Morgan fingerprint density at radius 1 is 1.13 bits per heavy atom. The van der Waals surface area contributed by atoms with Gasteiger partial charge in [-0.25, -0.2) is 4.79 Å². The van der Waals surface area contributed by atoms with E-state index in [4.69, 9.17) is 19.9 Å². The summed E-state index contributed by atoms with van der Waals surface area (Å²) in [5, 5.41) is 17.2. The second-order valence-corrected chi connectivity index (χ2v) is 12.4. The van der Waals surface area contributed by atoms with E-state index < -0.39 is 48.1 Å². The van der Waals surface area contributed by atoms with Crippen LogP contribution in [0.15, 0.2) is 58.5 Å². The Balaban J connectivity index is 2.01. The van der Waals surface area contributed by atoms with E-state index in [1.807, 2.05) is 13.8 Å². The molecule has 0 aromatic rings. The molecule has 12 nitrogen and oxygen atoms in total. The number of rotatable bonds is 7. The molecule has 3 aliphatic rings. The van der Waals surface area contributed by atoms with Crippen molar-refractivity contribution in [1.82, 2.24) is 15.5 Å². The third-order valence-electron chi connectivity index (χ3n) is 8.72. The summed E-state index contributed by atoms with van der Waals surface area (Å²) in [6.45, 7) is 10.3. The molecule has 2 heterocycles. The number of carbonyl (C=O) groups excluding carboxylic acids is 4. The van der Waals surface area contributed by atoms with Gasteiger partial charge in [0.15, 0.2) is 6.10 Å². The summed E-state index contributed by atoms with van der Waals surface area (Å²) in [5.41, 5.74) is 6.66. The summed E-state index contributed by atoms with van der Waals surface area (Å²) in [7, 11) is 2.95. The van der Waals surface area contributed by atoms with Crippen LogP contribution >= 0.6 is 0 Å². The monoisotopic (exact) mass is 642 g/mol. The van der Waals surface area contributed by atoms with Crippen molar-refractivity contribution in [3.05, 3.63) is 58.5 Å². The topological polar surface area (TPSA) is 170 Å². The molecular formula is C34H50N4O8. The normalized spacial score (nSPS) is 32.2. The zero-order chi connectivity index (χ0) is 34.0. The Hall–Kier alpha value is -3.58. The number of ether oxygens (including phenoxy) is 3. The lowest BCUT2D eigenvalue weighted by molar-refractivity contribution is -0.120. The third-order valence-corrected chi connectivity index (χ3v) is 8.72. The van der Waals surface area contributed by atoms with Crippen molar-refractivity contribution in [1.29, 1.82) is 0 Å². The number of primary amides is 1. The number of nitrogens with zero attached hydrogens (tertiary/aromatic N) is 1. The number of methoxy groups -OCH3 is 2. The molecule has 0 aromatic carbocycles. The van der Waals surface area contributed by atoms with Gasteiger partial charge in [0, 0.05) is 50.4 Å². The number of hydrogen-bond acceptors (Lipinski definition) is 10. The Morgan fingerprint density at radius 3 is 2.46 bits per heavy atom. The summed E-state index contributed by atoms with van der Waals surface area (Å²) in [6.07, 6.45) is 6.29. The first-order chi connectivity index (χ1) is 21.9. The molecule has 2 aliphatic heterocycles. The van der Waals surface area contributed by atoms with Gasteiger partial charge >= 0.3 is 6.09 Å². The van der Waals surface area contributed by atoms with E-state index in [1.165, 1.54) is 26.4 Å². The van der Waals surface area contributed by atoms with Crippen LogP contribution in [0.4, 0.5) is 4.79 Å². The van der Waals surface area contributed by atoms with Crippen molar-refractivity contribution in [2.45, 2.75) is 77.8 Å². The summed E-state index contributed by atoms with van der Waals surface area (Å²) < 4.78 is 16.7. The number of Topliss-reactive ketones (excluding diaryl/α,β-unsaturated/α-hetero) is 1. The molecule has 0 spiro atoms. The Bertz CT molecular complexity index is 1290. The summed E-state index contributed by atoms with van der Waals surface area (Å²) in [5.74, 6) is -1.99. The van der Waals surface area contributed by atoms with Gasteiger partial charge in [-0.15, -0.1) is 0 Å². The number of nitrogens with two attached hydrogens (primary N) is 1. The van der Waals surface area contributed by atoms with Gasteiger partial charge in [0.05, 0.1) is 23.6 Å². The molecular weight excluding hydrogens is 592 g/mol. The number of ketones is 2. The molecule has 1 fully saturated rings. The highest BCUT2D eigenvalue weighted by molar-refractivity contribution is 6.23. The standard InChI is InChI=1S/C34H50N4O8/c1-20-16-24-29(36-12-15-38-13-7-8-14-38)26(39)19-25(31(24)41)37-33(42)21(2)10-9-11-27(44-5)32(46-34(35)43)23(4)18-22(3)30(40)28(17-20)45-6/h9-11,18-20,22,27-28,30,32,36,40H,7-8,12-17H2,1-6H3,(H2,35,43)(H,37,42)/b11-9-,21-10+,23-18-/t20-,22+,27?,28?,30-,32+/m1/s1. The molecule has 5 N–H and O–H groups in total. The lowest BCUT2D eigenvalue weighted by Gasteiger charge is -2.30. The summed E-state index contributed by atoms with van der Waals surface area (Å²) in [6, 6.07) is 0. The van der Waals surface area contributed by atoms with Gasteiger partial charge in [-0.2, -0.15) is 0 Å². The van der Waals surface area contributed by atoms with Crippen LogP contribution in [0.2, 0.25) is 0 Å². The number of likely N-dealkylation sites (tertiary alicyclic amines) is 1. The van der Waals surface area contributed by atoms with Crippen LogP contribution in [-0.4, -0.2) is 98.4 Å². The number of fused-ring (bicyclic) bond motifs is 2. The van der Waals surface area contributed by atoms with Crippen molar-refractivity contribution in [3.8, 4) is 0 Å². The number of nitrogens with one attached hydrogen (secondary N) is 2. The number of allylic oxidation sites excluding steroid dienone is 4. The highest BCUT2D eigenvalue weighted by atomic mass is 16.6. The summed E-state index contributed by atoms with van der Waals surface area (Å²) in [4.78, 5) is 54.4. The minimum absolute atomic E-state index is 0.0987. The molecule has 1 saturated heterocycles. The Kier molecular flexibility index (Phi) is 13.9. The molecule has 2 bridgehead atoms. The molecule has 0 radical (unpaired) electrons. The van der Waals surface area contributed by atoms with E-state index in [-0.39, 0.29) is 35.1 Å². The van der Waals surface area contributed by atoms with Crippen LogP contribution in [0.5, 0.6) is 0 Å². The van der Waals surface area contributed by atoms with Crippen molar-refractivity contribution >= 4 is 23.6 Å².